The number of ether oxygens (including phenoxy) is 2. The molecule has 0 spiro atoms. The summed E-state index contributed by atoms with van der Waals surface area (Å²) in [6.45, 7) is 6.52. The van der Waals surface area contributed by atoms with Crippen LogP contribution in [0.3, 0.4) is 0 Å². The molecule has 0 aliphatic heterocycles. The van der Waals surface area contributed by atoms with Crippen LogP contribution in [-0.4, -0.2) is 30.3 Å². The van der Waals surface area contributed by atoms with E-state index < -0.39 is 0 Å². The van der Waals surface area contributed by atoms with Crippen molar-refractivity contribution in [2.45, 2.75) is 33.6 Å². The van der Waals surface area contributed by atoms with E-state index >= 15 is 0 Å². The molecule has 1 heterocycles. The van der Waals surface area contributed by atoms with E-state index in [4.69, 9.17) is 9.47 Å². The molecule has 2 rings (SSSR count). The average Bonchev–Trinajstić information content (AvgIpc) is 2.99. The predicted octanol–water partition coefficient (Wildman–Crippen LogP) is 3.79. The lowest BCUT2D eigenvalue weighted by atomic mass is 9.87. The highest BCUT2D eigenvalue weighted by molar-refractivity contribution is 7.15. The van der Waals surface area contributed by atoms with Crippen molar-refractivity contribution >= 4 is 22.4 Å². The first kappa shape index (κ1) is 18.2. The van der Waals surface area contributed by atoms with Gasteiger partial charge < -0.3 is 9.47 Å². The fourth-order valence-electron chi connectivity index (χ4n) is 2.14. The minimum atomic E-state index is -0.332. The number of nitrogens with one attached hydrogen (secondary N) is 1. The second-order valence-corrected chi connectivity index (χ2v) is 7.25. The highest BCUT2D eigenvalue weighted by atomic mass is 32.1. The molecule has 2 aromatic rings. The van der Waals surface area contributed by atoms with Crippen LogP contribution < -0.4 is 14.8 Å². The number of hydrogen-bond acceptors (Lipinski definition) is 6. The van der Waals surface area contributed by atoms with Gasteiger partial charge in [-0.3, -0.25) is 10.1 Å². The molecule has 1 amide bonds. The Morgan fingerprint density at radius 1 is 1.21 bits per heavy atom. The van der Waals surface area contributed by atoms with Gasteiger partial charge in [0.15, 0.2) is 0 Å². The minimum Gasteiger partial charge on any atom is -0.496 e. The van der Waals surface area contributed by atoms with Gasteiger partial charge in [0.1, 0.15) is 22.1 Å². The van der Waals surface area contributed by atoms with Crippen molar-refractivity contribution in [2.75, 3.05) is 19.5 Å². The van der Waals surface area contributed by atoms with E-state index in [0.717, 1.165) is 17.8 Å². The van der Waals surface area contributed by atoms with Gasteiger partial charge in [-0.05, 0) is 17.5 Å². The summed E-state index contributed by atoms with van der Waals surface area (Å²) in [4.78, 5) is 12.6. The summed E-state index contributed by atoms with van der Waals surface area (Å²) < 4.78 is 10.5. The number of benzene rings is 1. The molecule has 0 fully saturated rings. The predicted molar refractivity (Wildman–Crippen MR) is 95.2 cm³/mol. The third-order valence-corrected chi connectivity index (χ3v) is 4.77. The maximum Gasteiger partial charge on any atom is 0.265 e. The number of amides is 1. The molecular formula is C17H23N3O3S. The van der Waals surface area contributed by atoms with Crippen LogP contribution in [-0.2, 0) is 6.42 Å². The second-order valence-electron chi connectivity index (χ2n) is 6.19. The minimum absolute atomic E-state index is 0.159. The Kier molecular flexibility index (Phi) is 5.77. The summed E-state index contributed by atoms with van der Waals surface area (Å²) in [6.07, 6.45) is 1.88. The van der Waals surface area contributed by atoms with Gasteiger partial charge >= 0.3 is 0 Å². The first-order valence-corrected chi connectivity index (χ1v) is 8.56. The molecule has 6 nitrogen and oxygen atoms in total. The van der Waals surface area contributed by atoms with Crippen molar-refractivity contribution in [2.24, 2.45) is 5.41 Å². The zero-order valence-electron chi connectivity index (χ0n) is 14.7. The number of methoxy groups -OCH3 is 2. The topological polar surface area (TPSA) is 73.3 Å². The summed E-state index contributed by atoms with van der Waals surface area (Å²) in [7, 11) is 3.03. The molecule has 0 saturated heterocycles. The smallest absolute Gasteiger partial charge is 0.265 e. The van der Waals surface area contributed by atoms with Crippen molar-refractivity contribution in [1.29, 1.82) is 0 Å². The second kappa shape index (κ2) is 7.61. The fourth-order valence-corrected chi connectivity index (χ4v) is 3.14. The van der Waals surface area contributed by atoms with Crippen LogP contribution >= 0.6 is 11.3 Å². The maximum atomic E-state index is 12.6. The number of carbonyl (C=O) groups is 1. The number of rotatable bonds is 7. The van der Waals surface area contributed by atoms with E-state index in [1.165, 1.54) is 25.6 Å². The van der Waals surface area contributed by atoms with E-state index in [9.17, 15) is 4.79 Å². The summed E-state index contributed by atoms with van der Waals surface area (Å²) >= 11 is 1.39. The molecule has 0 bridgehead atoms. The van der Waals surface area contributed by atoms with Gasteiger partial charge in [-0.2, -0.15) is 0 Å². The zero-order chi connectivity index (χ0) is 17.7. The normalized spacial score (nSPS) is 11.2. The Balaban J connectivity index is 2.18. The number of anilines is 1. The Morgan fingerprint density at radius 2 is 1.83 bits per heavy atom. The van der Waals surface area contributed by atoms with E-state index in [0.29, 0.717) is 22.2 Å². The van der Waals surface area contributed by atoms with Crippen molar-refractivity contribution in [1.82, 2.24) is 10.2 Å². The Hall–Kier alpha value is -2.15. The molecule has 0 saturated carbocycles. The molecule has 1 aromatic heterocycles. The lowest BCUT2D eigenvalue weighted by Crippen LogP contribution is -2.14. The Morgan fingerprint density at radius 3 is 2.38 bits per heavy atom. The van der Waals surface area contributed by atoms with Crippen molar-refractivity contribution in [3.05, 3.63) is 28.8 Å². The third-order valence-electron chi connectivity index (χ3n) is 3.93. The third kappa shape index (κ3) is 4.23. The average molecular weight is 349 g/mol. The lowest BCUT2D eigenvalue weighted by molar-refractivity contribution is 0.102. The van der Waals surface area contributed by atoms with Crippen molar-refractivity contribution < 1.29 is 14.3 Å². The summed E-state index contributed by atoms with van der Waals surface area (Å²) in [5.41, 5.74) is 0.500. The van der Waals surface area contributed by atoms with Gasteiger partial charge in [-0.1, -0.05) is 44.6 Å². The Bertz CT molecular complexity index is 691. The quantitative estimate of drug-likeness (QED) is 0.823. The highest BCUT2D eigenvalue weighted by Gasteiger charge is 2.22. The van der Waals surface area contributed by atoms with Crippen LogP contribution in [0.5, 0.6) is 11.5 Å². The monoisotopic (exact) mass is 349 g/mol. The number of aromatic nitrogens is 2. The van der Waals surface area contributed by atoms with Crippen LogP contribution in [0, 0.1) is 5.41 Å². The largest absolute Gasteiger partial charge is 0.496 e. The number of hydrogen-bond donors (Lipinski definition) is 1. The van der Waals surface area contributed by atoms with Gasteiger partial charge in [0.25, 0.3) is 5.91 Å². The molecule has 0 atom stereocenters. The standard InChI is InChI=1S/C17H23N3O3S/c1-6-17(2,3)10-13-19-20-16(24-13)18-15(21)14-11(22-4)8-7-9-12(14)23-5/h7-9H,6,10H2,1-5H3,(H,18,20,21). The summed E-state index contributed by atoms with van der Waals surface area (Å²) in [6, 6.07) is 5.20. The van der Waals surface area contributed by atoms with Gasteiger partial charge in [0.05, 0.1) is 14.2 Å². The van der Waals surface area contributed by atoms with Crippen molar-refractivity contribution in [3.63, 3.8) is 0 Å². The number of carbonyl (C=O) groups excluding carboxylic acids is 1. The van der Waals surface area contributed by atoms with Crippen LogP contribution in [0.15, 0.2) is 18.2 Å². The molecular weight excluding hydrogens is 326 g/mol. The van der Waals surface area contributed by atoms with Gasteiger partial charge in [-0.25, -0.2) is 0 Å². The molecule has 7 heteroatoms. The van der Waals surface area contributed by atoms with E-state index in [1.54, 1.807) is 18.2 Å². The molecule has 0 radical (unpaired) electrons. The SMILES string of the molecule is CCC(C)(C)Cc1nnc(NC(=O)c2c(OC)cccc2OC)s1. The molecule has 24 heavy (non-hydrogen) atoms. The lowest BCUT2D eigenvalue weighted by Gasteiger charge is -2.20. The molecule has 0 unspecified atom stereocenters. The first-order valence-electron chi connectivity index (χ1n) is 7.75. The summed E-state index contributed by atoms with van der Waals surface area (Å²) in [5, 5.41) is 12.4. The van der Waals surface area contributed by atoms with Crippen LogP contribution in [0.4, 0.5) is 5.13 Å². The van der Waals surface area contributed by atoms with Crippen molar-refractivity contribution in [3.8, 4) is 11.5 Å². The van der Waals surface area contributed by atoms with Gasteiger partial charge in [0, 0.05) is 6.42 Å². The van der Waals surface area contributed by atoms with Crippen LogP contribution in [0.1, 0.15) is 42.6 Å². The van der Waals surface area contributed by atoms with E-state index in [2.05, 4.69) is 36.3 Å². The van der Waals surface area contributed by atoms with E-state index in [1.807, 2.05) is 0 Å². The van der Waals surface area contributed by atoms with E-state index in [-0.39, 0.29) is 11.3 Å². The zero-order valence-corrected chi connectivity index (χ0v) is 15.5. The highest BCUT2D eigenvalue weighted by Crippen LogP contribution is 2.31. The molecule has 130 valence electrons. The summed E-state index contributed by atoms with van der Waals surface area (Å²) in [5.74, 6) is 0.564. The molecule has 0 aliphatic carbocycles. The molecule has 0 aliphatic rings. The van der Waals surface area contributed by atoms with Crippen LogP contribution in [0.2, 0.25) is 0 Å². The van der Waals surface area contributed by atoms with Crippen LogP contribution in [0.25, 0.3) is 0 Å². The number of nitrogens with zero attached hydrogens (tertiary/aromatic N) is 2. The van der Waals surface area contributed by atoms with Gasteiger partial charge in [0.2, 0.25) is 5.13 Å². The Labute approximate surface area is 146 Å². The molecule has 1 aromatic carbocycles. The molecule has 1 N–H and O–H groups in total. The van der Waals surface area contributed by atoms with Gasteiger partial charge in [-0.15, -0.1) is 10.2 Å². The maximum absolute atomic E-state index is 12.6. The first-order chi connectivity index (χ1) is 11.4. The fraction of sp³-hybridized carbons (Fsp3) is 0.471.